The average Bonchev–Trinajstić information content (AvgIpc) is 2.61. The Kier molecular flexibility index (Phi) is 5.92. The molecule has 10 heteroatoms. The number of amides is 1. The number of carbonyl (C=O) groups is 1. The summed E-state index contributed by atoms with van der Waals surface area (Å²) < 4.78 is 33.3. The number of primary amides is 1. The number of rotatable bonds is 5. The highest BCUT2D eigenvalue weighted by Gasteiger charge is 2.30. The molecule has 1 saturated heterocycles. The molecule has 0 bridgehead atoms. The van der Waals surface area contributed by atoms with Gasteiger partial charge in [0.1, 0.15) is 16.4 Å². The number of nitrogens with one attached hydrogen (secondary N) is 1. The van der Waals surface area contributed by atoms with Crippen molar-refractivity contribution in [3.63, 3.8) is 0 Å². The summed E-state index contributed by atoms with van der Waals surface area (Å²) in [4.78, 5) is 11.4. The molecule has 0 atom stereocenters. The van der Waals surface area contributed by atoms with Crippen LogP contribution in [0.25, 0.3) is 0 Å². The third-order valence-corrected chi connectivity index (χ3v) is 6.34. The van der Waals surface area contributed by atoms with Gasteiger partial charge in [0.25, 0.3) is 0 Å². The van der Waals surface area contributed by atoms with Crippen molar-refractivity contribution in [1.29, 1.82) is 0 Å². The summed E-state index contributed by atoms with van der Waals surface area (Å²) in [7, 11) is -3.89. The molecule has 0 spiro atoms. The molecule has 1 aliphatic rings. The maximum absolute atomic E-state index is 13.1. The standard InChI is InChI=1S/C17H17Cl2N3O4S/c18-12-8-13(19)10-14(9-12)26-15-2-1-11(17(20)23)7-16(15)27(24,25)22-5-3-21-4-6-22/h1-2,7-10,21H,3-6H2,(H2,20,23). The van der Waals surface area contributed by atoms with Crippen LogP contribution in [-0.4, -0.2) is 44.8 Å². The Labute approximate surface area is 167 Å². The molecule has 7 nitrogen and oxygen atoms in total. The Bertz CT molecular complexity index is 956. The minimum atomic E-state index is -3.89. The molecule has 3 N–H and O–H groups in total. The van der Waals surface area contributed by atoms with Crippen LogP contribution in [0.3, 0.4) is 0 Å². The SMILES string of the molecule is NC(=O)c1ccc(Oc2cc(Cl)cc(Cl)c2)c(S(=O)(=O)N2CCNCC2)c1. The van der Waals surface area contributed by atoms with Gasteiger partial charge in [0, 0.05) is 41.8 Å². The number of nitrogens with two attached hydrogens (primary N) is 1. The van der Waals surface area contributed by atoms with E-state index in [1.807, 2.05) is 0 Å². The molecule has 2 aromatic rings. The van der Waals surface area contributed by atoms with Crippen LogP contribution in [0.2, 0.25) is 10.0 Å². The van der Waals surface area contributed by atoms with Crippen LogP contribution >= 0.6 is 23.2 Å². The summed E-state index contributed by atoms with van der Waals surface area (Å²) in [5.74, 6) is -0.405. The molecule has 1 aliphatic heterocycles. The number of hydrogen-bond donors (Lipinski definition) is 2. The second kappa shape index (κ2) is 8.04. The van der Waals surface area contributed by atoms with E-state index in [1.165, 1.54) is 40.7 Å². The Balaban J connectivity index is 2.06. The van der Waals surface area contributed by atoms with Gasteiger partial charge in [0.2, 0.25) is 15.9 Å². The highest BCUT2D eigenvalue weighted by atomic mass is 35.5. The Morgan fingerprint density at radius 2 is 1.70 bits per heavy atom. The number of piperazine rings is 1. The first kappa shape index (κ1) is 19.9. The fraction of sp³-hybridized carbons (Fsp3) is 0.235. The van der Waals surface area contributed by atoms with Gasteiger partial charge in [0.15, 0.2) is 0 Å². The van der Waals surface area contributed by atoms with Crippen molar-refractivity contribution in [3.05, 3.63) is 52.0 Å². The zero-order chi connectivity index (χ0) is 19.6. The number of nitrogens with zero attached hydrogens (tertiary/aromatic N) is 1. The van der Waals surface area contributed by atoms with Gasteiger partial charge in [-0.15, -0.1) is 0 Å². The third-order valence-electron chi connectivity index (χ3n) is 3.99. The van der Waals surface area contributed by atoms with Gasteiger partial charge in [-0.25, -0.2) is 8.42 Å². The molecule has 1 amide bonds. The molecule has 0 aliphatic carbocycles. The summed E-state index contributed by atoms with van der Waals surface area (Å²) in [5.41, 5.74) is 5.38. The maximum atomic E-state index is 13.1. The Morgan fingerprint density at radius 3 is 2.30 bits per heavy atom. The molecule has 1 heterocycles. The predicted octanol–water partition coefficient (Wildman–Crippen LogP) is 2.48. The highest BCUT2D eigenvalue weighted by molar-refractivity contribution is 7.89. The van der Waals surface area contributed by atoms with Crippen LogP contribution in [-0.2, 0) is 10.0 Å². The maximum Gasteiger partial charge on any atom is 0.248 e. The first-order chi connectivity index (χ1) is 12.8. The lowest BCUT2D eigenvalue weighted by molar-refractivity contribution is 0.1000. The molecule has 1 fully saturated rings. The van der Waals surface area contributed by atoms with Gasteiger partial charge in [-0.3, -0.25) is 4.79 Å². The second-order valence-corrected chi connectivity index (χ2v) is 8.67. The first-order valence-electron chi connectivity index (χ1n) is 8.06. The molecule has 2 aromatic carbocycles. The zero-order valence-corrected chi connectivity index (χ0v) is 16.4. The van der Waals surface area contributed by atoms with Gasteiger partial charge >= 0.3 is 0 Å². The van der Waals surface area contributed by atoms with Crippen LogP contribution in [0.15, 0.2) is 41.3 Å². The smallest absolute Gasteiger partial charge is 0.248 e. The normalized spacial score (nSPS) is 15.5. The van der Waals surface area contributed by atoms with Crippen molar-refractivity contribution in [3.8, 4) is 11.5 Å². The van der Waals surface area contributed by atoms with Gasteiger partial charge in [-0.2, -0.15) is 4.31 Å². The van der Waals surface area contributed by atoms with E-state index < -0.39 is 15.9 Å². The minimum absolute atomic E-state index is 0.0527. The fourth-order valence-electron chi connectivity index (χ4n) is 2.69. The minimum Gasteiger partial charge on any atom is -0.456 e. The quantitative estimate of drug-likeness (QED) is 0.759. The number of sulfonamides is 1. The lowest BCUT2D eigenvalue weighted by Crippen LogP contribution is -2.46. The van der Waals surface area contributed by atoms with Crippen LogP contribution in [0.4, 0.5) is 0 Å². The van der Waals surface area contributed by atoms with E-state index in [9.17, 15) is 13.2 Å². The van der Waals surface area contributed by atoms with Crippen molar-refractivity contribution >= 4 is 39.1 Å². The van der Waals surface area contributed by atoms with Gasteiger partial charge in [-0.05, 0) is 36.4 Å². The third kappa shape index (κ3) is 4.53. The fourth-order valence-corrected chi connectivity index (χ4v) is 4.77. The molecule has 0 unspecified atom stereocenters. The summed E-state index contributed by atoms with van der Waals surface area (Å²) in [5, 5.41) is 3.78. The molecule has 0 aromatic heterocycles. The molecular weight excluding hydrogens is 413 g/mol. The second-order valence-electron chi connectivity index (χ2n) is 5.89. The summed E-state index contributed by atoms with van der Waals surface area (Å²) >= 11 is 12.0. The Hall–Kier alpha value is -1.84. The molecule has 0 saturated carbocycles. The van der Waals surface area contributed by atoms with E-state index in [2.05, 4.69) is 5.32 Å². The Morgan fingerprint density at radius 1 is 1.07 bits per heavy atom. The van der Waals surface area contributed by atoms with E-state index in [1.54, 1.807) is 0 Å². The van der Waals surface area contributed by atoms with Crippen LogP contribution in [0.5, 0.6) is 11.5 Å². The molecule has 0 radical (unpaired) electrons. The van der Waals surface area contributed by atoms with E-state index in [0.717, 1.165) is 0 Å². The number of halogens is 2. The number of ether oxygens (including phenoxy) is 1. The van der Waals surface area contributed by atoms with Crippen LogP contribution in [0, 0.1) is 0 Å². The van der Waals surface area contributed by atoms with E-state index >= 15 is 0 Å². The van der Waals surface area contributed by atoms with Crippen molar-refractivity contribution in [2.45, 2.75) is 4.90 Å². The molecule has 27 heavy (non-hydrogen) atoms. The largest absolute Gasteiger partial charge is 0.456 e. The van der Waals surface area contributed by atoms with Crippen LogP contribution < -0.4 is 15.8 Å². The molecular formula is C17H17Cl2N3O4S. The van der Waals surface area contributed by atoms with Gasteiger partial charge < -0.3 is 15.8 Å². The van der Waals surface area contributed by atoms with Crippen molar-refractivity contribution in [1.82, 2.24) is 9.62 Å². The van der Waals surface area contributed by atoms with E-state index in [-0.39, 0.29) is 22.0 Å². The van der Waals surface area contributed by atoms with Crippen LogP contribution in [0.1, 0.15) is 10.4 Å². The predicted molar refractivity (Wildman–Crippen MR) is 103 cm³/mol. The number of carbonyl (C=O) groups excluding carboxylic acids is 1. The van der Waals surface area contributed by atoms with Gasteiger partial charge in [0.05, 0.1) is 0 Å². The van der Waals surface area contributed by atoms with Crippen molar-refractivity contribution in [2.24, 2.45) is 5.73 Å². The highest BCUT2D eigenvalue weighted by Crippen LogP contribution is 2.34. The van der Waals surface area contributed by atoms with Crippen molar-refractivity contribution < 1.29 is 17.9 Å². The average molecular weight is 430 g/mol. The molecule has 144 valence electrons. The topological polar surface area (TPSA) is 102 Å². The lowest BCUT2D eigenvalue weighted by Gasteiger charge is -2.27. The van der Waals surface area contributed by atoms with Crippen molar-refractivity contribution in [2.75, 3.05) is 26.2 Å². The van der Waals surface area contributed by atoms with E-state index in [0.29, 0.717) is 36.2 Å². The van der Waals surface area contributed by atoms with Gasteiger partial charge in [-0.1, -0.05) is 23.2 Å². The zero-order valence-electron chi connectivity index (χ0n) is 14.1. The summed E-state index contributed by atoms with van der Waals surface area (Å²) in [6.07, 6.45) is 0. The molecule has 3 rings (SSSR count). The number of hydrogen-bond acceptors (Lipinski definition) is 5. The number of benzene rings is 2. The van der Waals surface area contributed by atoms with E-state index in [4.69, 9.17) is 33.7 Å². The summed E-state index contributed by atoms with van der Waals surface area (Å²) in [6.45, 7) is 1.70. The monoisotopic (exact) mass is 429 g/mol. The lowest BCUT2D eigenvalue weighted by atomic mass is 10.2. The summed E-state index contributed by atoms with van der Waals surface area (Å²) in [6, 6.07) is 8.57. The first-order valence-corrected chi connectivity index (χ1v) is 10.3.